The van der Waals surface area contributed by atoms with Crippen molar-refractivity contribution in [3.63, 3.8) is 0 Å². The van der Waals surface area contributed by atoms with Crippen LogP contribution in [0.15, 0.2) is 52.0 Å². The highest BCUT2D eigenvalue weighted by molar-refractivity contribution is 9.10. The van der Waals surface area contributed by atoms with Gasteiger partial charge in [0.05, 0.1) is 19.3 Å². The third-order valence-corrected chi connectivity index (χ3v) is 4.76. The molecule has 1 N–H and O–H groups in total. The number of benzene rings is 2. The second-order valence-electron chi connectivity index (χ2n) is 5.37. The van der Waals surface area contributed by atoms with Crippen LogP contribution in [-0.4, -0.2) is 42.5 Å². The number of aromatic hydroxyl groups is 1. The summed E-state index contributed by atoms with van der Waals surface area (Å²) >= 11 is 9.39. The van der Waals surface area contributed by atoms with Gasteiger partial charge in [-0.2, -0.15) is 5.10 Å². The molecule has 0 amide bonds. The van der Waals surface area contributed by atoms with Gasteiger partial charge in [-0.3, -0.25) is 5.01 Å². The Hall–Kier alpha value is -1.72. The summed E-state index contributed by atoms with van der Waals surface area (Å²) in [5.41, 5.74) is 2.05. The van der Waals surface area contributed by atoms with Crippen molar-refractivity contribution in [3.8, 4) is 5.75 Å². The van der Waals surface area contributed by atoms with Crippen LogP contribution in [0.2, 0.25) is 5.02 Å². The van der Waals surface area contributed by atoms with Crippen molar-refractivity contribution < 1.29 is 5.11 Å². The van der Waals surface area contributed by atoms with Crippen LogP contribution in [0.5, 0.6) is 5.75 Å². The molecule has 0 unspecified atom stereocenters. The van der Waals surface area contributed by atoms with Crippen LogP contribution in [0, 0.1) is 0 Å². The zero-order valence-corrected chi connectivity index (χ0v) is 14.8. The molecular weight excluding hydrogens is 378 g/mol. The van der Waals surface area contributed by atoms with Crippen molar-refractivity contribution >= 4 is 39.4 Å². The molecule has 6 heteroatoms. The van der Waals surface area contributed by atoms with Crippen LogP contribution in [0.4, 0.5) is 5.69 Å². The van der Waals surface area contributed by atoms with E-state index in [0.29, 0.717) is 0 Å². The van der Waals surface area contributed by atoms with Crippen molar-refractivity contribution in [1.29, 1.82) is 0 Å². The molecule has 1 aliphatic rings. The van der Waals surface area contributed by atoms with E-state index in [1.807, 2.05) is 35.3 Å². The number of hydrogen-bond donors (Lipinski definition) is 1. The largest absolute Gasteiger partial charge is 0.508 e. The van der Waals surface area contributed by atoms with E-state index in [4.69, 9.17) is 11.6 Å². The van der Waals surface area contributed by atoms with Crippen molar-refractivity contribution in [3.05, 3.63) is 57.5 Å². The summed E-state index contributed by atoms with van der Waals surface area (Å²) in [7, 11) is 0. The topological polar surface area (TPSA) is 39.1 Å². The molecule has 2 aromatic carbocycles. The van der Waals surface area contributed by atoms with Gasteiger partial charge in [-0.15, -0.1) is 0 Å². The first-order valence-electron chi connectivity index (χ1n) is 7.40. The molecule has 1 saturated heterocycles. The van der Waals surface area contributed by atoms with Crippen LogP contribution < -0.4 is 4.90 Å². The fraction of sp³-hybridized carbons (Fsp3) is 0.235. The van der Waals surface area contributed by atoms with Gasteiger partial charge in [-0.1, -0.05) is 27.5 Å². The first-order chi connectivity index (χ1) is 11.1. The molecular formula is C17H17BrClN3O. The monoisotopic (exact) mass is 393 g/mol. The summed E-state index contributed by atoms with van der Waals surface area (Å²) in [6.07, 6.45) is 1.78. The van der Waals surface area contributed by atoms with E-state index in [0.717, 1.165) is 41.2 Å². The Kier molecular flexibility index (Phi) is 5.08. The van der Waals surface area contributed by atoms with Gasteiger partial charge in [0.2, 0.25) is 0 Å². The second kappa shape index (κ2) is 7.23. The molecule has 120 valence electrons. The Labute approximate surface area is 149 Å². The minimum atomic E-state index is 0.238. The molecule has 0 atom stereocenters. The van der Waals surface area contributed by atoms with Crippen molar-refractivity contribution in [2.24, 2.45) is 5.10 Å². The summed E-state index contributed by atoms with van der Waals surface area (Å²) < 4.78 is 0.916. The lowest BCUT2D eigenvalue weighted by molar-refractivity contribution is 0.272. The van der Waals surface area contributed by atoms with Gasteiger partial charge in [0.15, 0.2) is 0 Å². The predicted octanol–water partition coefficient (Wildman–Crippen LogP) is 3.96. The SMILES string of the molecule is Oc1ccc(Br)c(/C=N/N2CCN(c3ccc(Cl)cc3)CC2)c1. The molecule has 0 aromatic heterocycles. The van der Waals surface area contributed by atoms with Gasteiger partial charge < -0.3 is 10.0 Å². The highest BCUT2D eigenvalue weighted by Crippen LogP contribution is 2.21. The van der Waals surface area contributed by atoms with E-state index in [1.165, 1.54) is 5.69 Å². The van der Waals surface area contributed by atoms with Gasteiger partial charge >= 0.3 is 0 Å². The van der Waals surface area contributed by atoms with Crippen molar-refractivity contribution in [2.75, 3.05) is 31.1 Å². The van der Waals surface area contributed by atoms with Gasteiger partial charge in [0.1, 0.15) is 5.75 Å². The number of anilines is 1. The minimum absolute atomic E-state index is 0.238. The predicted molar refractivity (Wildman–Crippen MR) is 98.6 cm³/mol. The van der Waals surface area contributed by atoms with E-state index in [1.54, 1.807) is 18.3 Å². The van der Waals surface area contributed by atoms with E-state index in [9.17, 15) is 5.11 Å². The molecule has 0 spiro atoms. The summed E-state index contributed by atoms with van der Waals surface area (Å²) in [5, 5.41) is 16.9. The van der Waals surface area contributed by atoms with Crippen LogP contribution >= 0.6 is 27.5 Å². The minimum Gasteiger partial charge on any atom is -0.508 e. The molecule has 0 saturated carbocycles. The number of phenolic OH excluding ortho intramolecular Hbond substituents is 1. The Bertz CT molecular complexity index is 697. The zero-order valence-electron chi connectivity index (χ0n) is 12.5. The Balaban J connectivity index is 1.59. The van der Waals surface area contributed by atoms with Crippen molar-refractivity contribution in [1.82, 2.24) is 5.01 Å². The lowest BCUT2D eigenvalue weighted by atomic mass is 10.2. The quantitative estimate of drug-likeness (QED) is 0.801. The molecule has 0 aliphatic carbocycles. The maximum atomic E-state index is 9.54. The van der Waals surface area contributed by atoms with E-state index >= 15 is 0 Å². The molecule has 1 fully saturated rings. The third-order valence-electron chi connectivity index (χ3n) is 3.79. The number of rotatable bonds is 3. The van der Waals surface area contributed by atoms with Gasteiger partial charge in [0.25, 0.3) is 0 Å². The second-order valence-corrected chi connectivity index (χ2v) is 6.66. The zero-order chi connectivity index (χ0) is 16.2. The smallest absolute Gasteiger partial charge is 0.116 e. The van der Waals surface area contributed by atoms with Gasteiger partial charge in [-0.25, -0.2) is 0 Å². The normalized spacial score (nSPS) is 15.4. The molecule has 2 aromatic rings. The first kappa shape index (κ1) is 16.1. The third kappa shape index (κ3) is 4.18. The molecule has 3 rings (SSSR count). The summed E-state index contributed by atoms with van der Waals surface area (Å²) in [5.74, 6) is 0.238. The van der Waals surface area contributed by atoms with Gasteiger partial charge in [0, 0.05) is 33.8 Å². The van der Waals surface area contributed by atoms with E-state index < -0.39 is 0 Å². The standard InChI is InChI=1S/C17H17BrClN3O/c18-17-6-5-16(23)11-13(17)12-20-22-9-7-21(8-10-22)15-3-1-14(19)2-4-15/h1-6,11-12,23H,7-10H2/b20-12+. The van der Waals surface area contributed by atoms with Crippen molar-refractivity contribution in [2.45, 2.75) is 0 Å². The van der Waals surface area contributed by atoms with Crippen LogP contribution in [0.1, 0.15) is 5.56 Å². The fourth-order valence-electron chi connectivity index (χ4n) is 2.50. The highest BCUT2D eigenvalue weighted by atomic mass is 79.9. The number of hydrogen-bond acceptors (Lipinski definition) is 4. The molecule has 4 nitrogen and oxygen atoms in total. The number of phenols is 1. The number of nitrogens with zero attached hydrogens (tertiary/aromatic N) is 3. The number of piperazine rings is 1. The maximum Gasteiger partial charge on any atom is 0.116 e. The number of hydrazone groups is 1. The van der Waals surface area contributed by atoms with Crippen LogP contribution in [0.25, 0.3) is 0 Å². The lowest BCUT2D eigenvalue weighted by Gasteiger charge is -2.34. The molecule has 1 heterocycles. The Morgan fingerprint density at radius 2 is 1.74 bits per heavy atom. The summed E-state index contributed by atoms with van der Waals surface area (Å²) in [6.45, 7) is 3.55. The molecule has 1 aliphatic heterocycles. The highest BCUT2D eigenvalue weighted by Gasteiger charge is 2.15. The lowest BCUT2D eigenvalue weighted by Crippen LogP contribution is -2.44. The molecule has 0 bridgehead atoms. The molecule has 0 radical (unpaired) electrons. The average Bonchev–Trinajstić information content (AvgIpc) is 2.57. The van der Waals surface area contributed by atoms with Gasteiger partial charge in [-0.05, 0) is 42.5 Å². The maximum absolute atomic E-state index is 9.54. The Morgan fingerprint density at radius 1 is 1.04 bits per heavy atom. The average molecular weight is 395 g/mol. The van der Waals surface area contributed by atoms with E-state index in [-0.39, 0.29) is 5.75 Å². The van der Waals surface area contributed by atoms with E-state index in [2.05, 4.69) is 25.9 Å². The first-order valence-corrected chi connectivity index (χ1v) is 8.57. The number of halogens is 2. The van der Waals surface area contributed by atoms with Crippen LogP contribution in [0.3, 0.4) is 0 Å². The molecule has 23 heavy (non-hydrogen) atoms. The summed E-state index contributed by atoms with van der Waals surface area (Å²) in [6, 6.07) is 13.1. The van der Waals surface area contributed by atoms with Crippen LogP contribution in [-0.2, 0) is 0 Å². The fourth-order valence-corrected chi connectivity index (χ4v) is 2.97. The summed E-state index contributed by atoms with van der Waals surface area (Å²) in [4.78, 5) is 2.33. The Morgan fingerprint density at radius 3 is 2.43 bits per heavy atom.